The molecule has 6 heteroatoms. The van der Waals surface area contributed by atoms with Crippen LogP contribution in [0.1, 0.15) is 24.7 Å². The van der Waals surface area contributed by atoms with Crippen molar-refractivity contribution in [1.29, 1.82) is 0 Å². The standard InChI is InChI=1S/C21H20N4O2/c26-21-17-8-2-1-6-15(17)12-22-25(21)14-24-11-5-7-16(13-24)20-23-18-9-3-4-10-19(18)27-20/h1-4,6,8-10,12,16H,5,7,11,13-14H2/t16-/m0/s1. The Morgan fingerprint density at radius 2 is 1.96 bits per heavy atom. The summed E-state index contributed by atoms with van der Waals surface area (Å²) in [4.78, 5) is 19.6. The molecule has 1 fully saturated rings. The smallest absolute Gasteiger partial charge is 0.275 e. The summed E-state index contributed by atoms with van der Waals surface area (Å²) < 4.78 is 7.52. The van der Waals surface area contributed by atoms with Crippen LogP contribution in [0.25, 0.3) is 21.9 Å². The minimum absolute atomic E-state index is 0.0444. The average molecular weight is 360 g/mol. The van der Waals surface area contributed by atoms with Crippen LogP contribution in [-0.2, 0) is 6.67 Å². The molecule has 0 unspecified atom stereocenters. The Morgan fingerprint density at radius 3 is 2.89 bits per heavy atom. The predicted octanol–water partition coefficient (Wildman–Crippen LogP) is 3.37. The van der Waals surface area contributed by atoms with Gasteiger partial charge in [0.05, 0.1) is 18.3 Å². The molecule has 0 aliphatic carbocycles. The lowest BCUT2D eigenvalue weighted by Crippen LogP contribution is -2.39. The molecule has 0 spiro atoms. The number of benzene rings is 2. The van der Waals surface area contributed by atoms with Crippen molar-refractivity contribution in [2.75, 3.05) is 13.1 Å². The van der Waals surface area contributed by atoms with Crippen molar-refractivity contribution >= 4 is 21.9 Å². The van der Waals surface area contributed by atoms with E-state index in [9.17, 15) is 4.79 Å². The van der Waals surface area contributed by atoms with Crippen molar-refractivity contribution in [2.24, 2.45) is 0 Å². The molecule has 0 saturated carbocycles. The molecule has 27 heavy (non-hydrogen) atoms. The fourth-order valence-electron chi connectivity index (χ4n) is 3.87. The van der Waals surface area contributed by atoms with Crippen LogP contribution in [0.4, 0.5) is 0 Å². The van der Waals surface area contributed by atoms with Gasteiger partial charge < -0.3 is 4.42 Å². The average Bonchev–Trinajstić information content (AvgIpc) is 3.15. The number of rotatable bonds is 3. The zero-order valence-corrected chi connectivity index (χ0v) is 14.9. The first-order chi connectivity index (χ1) is 13.3. The molecule has 1 saturated heterocycles. The number of hydrogen-bond donors (Lipinski definition) is 0. The van der Waals surface area contributed by atoms with Crippen molar-refractivity contribution < 1.29 is 4.42 Å². The van der Waals surface area contributed by atoms with Gasteiger partial charge in [0.15, 0.2) is 11.5 Å². The number of likely N-dealkylation sites (tertiary alicyclic amines) is 1. The second kappa shape index (κ2) is 6.63. The maximum absolute atomic E-state index is 12.7. The molecule has 0 N–H and O–H groups in total. The molecule has 6 nitrogen and oxygen atoms in total. The van der Waals surface area contributed by atoms with Crippen LogP contribution in [0.3, 0.4) is 0 Å². The van der Waals surface area contributed by atoms with Gasteiger partial charge in [-0.2, -0.15) is 5.10 Å². The molecule has 1 aliphatic heterocycles. The lowest BCUT2D eigenvalue weighted by Gasteiger charge is -2.31. The lowest BCUT2D eigenvalue weighted by atomic mass is 9.98. The van der Waals surface area contributed by atoms with Gasteiger partial charge in [0.25, 0.3) is 5.56 Å². The largest absolute Gasteiger partial charge is 0.440 e. The molecule has 0 radical (unpaired) electrons. The summed E-state index contributed by atoms with van der Waals surface area (Å²) in [5, 5.41) is 5.94. The Kier molecular flexibility index (Phi) is 3.98. The first kappa shape index (κ1) is 16.2. The van der Waals surface area contributed by atoms with Crippen LogP contribution in [-0.4, -0.2) is 32.8 Å². The van der Waals surface area contributed by atoms with E-state index in [1.165, 1.54) is 0 Å². The van der Waals surface area contributed by atoms with Crippen LogP contribution < -0.4 is 5.56 Å². The lowest BCUT2D eigenvalue weighted by molar-refractivity contribution is 0.146. The van der Waals surface area contributed by atoms with Crippen LogP contribution in [0.15, 0.2) is 63.9 Å². The molecule has 3 heterocycles. The van der Waals surface area contributed by atoms with Crippen molar-refractivity contribution in [3.05, 3.63) is 71.0 Å². The minimum atomic E-state index is -0.0444. The van der Waals surface area contributed by atoms with Crippen molar-refractivity contribution in [2.45, 2.75) is 25.4 Å². The zero-order valence-electron chi connectivity index (χ0n) is 14.9. The SMILES string of the molecule is O=c1c2ccccc2cnn1CN1CCC[C@H](c2nc3ccccc3o2)C1. The molecule has 1 aliphatic rings. The third-order valence-corrected chi connectivity index (χ3v) is 5.26. The quantitative estimate of drug-likeness (QED) is 0.560. The number of hydrogen-bond acceptors (Lipinski definition) is 5. The third-order valence-electron chi connectivity index (χ3n) is 5.26. The van der Waals surface area contributed by atoms with Crippen molar-refractivity contribution in [3.8, 4) is 0 Å². The van der Waals surface area contributed by atoms with Gasteiger partial charge in [-0.1, -0.05) is 30.3 Å². The van der Waals surface area contributed by atoms with Gasteiger partial charge in [-0.15, -0.1) is 0 Å². The summed E-state index contributed by atoms with van der Waals surface area (Å²) >= 11 is 0. The first-order valence-corrected chi connectivity index (χ1v) is 9.30. The van der Waals surface area contributed by atoms with Crippen molar-refractivity contribution in [3.63, 3.8) is 0 Å². The predicted molar refractivity (Wildman–Crippen MR) is 104 cm³/mol. The second-order valence-electron chi connectivity index (χ2n) is 7.11. The normalized spacial score (nSPS) is 18.3. The summed E-state index contributed by atoms with van der Waals surface area (Å²) in [6.07, 6.45) is 3.86. The highest BCUT2D eigenvalue weighted by Gasteiger charge is 2.26. The summed E-state index contributed by atoms with van der Waals surface area (Å²) in [6.45, 7) is 2.24. The number of aromatic nitrogens is 3. The Hall–Kier alpha value is -2.99. The Bertz CT molecular complexity index is 1130. The molecule has 5 rings (SSSR count). The molecule has 0 amide bonds. The van der Waals surface area contributed by atoms with Gasteiger partial charge in [0.1, 0.15) is 5.52 Å². The van der Waals surface area contributed by atoms with E-state index < -0.39 is 0 Å². The highest BCUT2D eigenvalue weighted by atomic mass is 16.3. The summed E-state index contributed by atoms with van der Waals surface area (Å²) in [5.41, 5.74) is 1.69. The Labute approximate surface area is 156 Å². The summed E-state index contributed by atoms with van der Waals surface area (Å²) in [7, 11) is 0. The molecule has 136 valence electrons. The van der Waals surface area contributed by atoms with Crippen LogP contribution in [0, 0.1) is 0 Å². The van der Waals surface area contributed by atoms with Crippen LogP contribution >= 0.6 is 0 Å². The number of piperidine rings is 1. The van der Waals surface area contributed by atoms with Crippen LogP contribution in [0.5, 0.6) is 0 Å². The maximum atomic E-state index is 12.7. The highest BCUT2D eigenvalue weighted by molar-refractivity contribution is 5.80. The summed E-state index contributed by atoms with van der Waals surface area (Å²) in [5.74, 6) is 1.03. The zero-order chi connectivity index (χ0) is 18.2. The van der Waals surface area contributed by atoms with Crippen LogP contribution in [0.2, 0.25) is 0 Å². The van der Waals surface area contributed by atoms with Gasteiger partial charge in [0, 0.05) is 17.8 Å². The van der Waals surface area contributed by atoms with E-state index in [-0.39, 0.29) is 11.5 Å². The molecular formula is C21H20N4O2. The van der Waals surface area contributed by atoms with Gasteiger partial charge in [0.2, 0.25) is 0 Å². The molecule has 2 aromatic carbocycles. The number of oxazole rings is 1. The van der Waals surface area contributed by atoms with E-state index in [0.29, 0.717) is 12.1 Å². The van der Waals surface area contributed by atoms with E-state index in [0.717, 1.165) is 48.3 Å². The van der Waals surface area contributed by atoms with Gasteiger partial charge in [-0.05, 0) is 37.6 Å². The van der Waals surface area contributed by atoms with Gasteiger partial charge in [-0.25, -0.2) is 9.67 Å². The van der Waals surface area contributed by atoms with E-state index in [4.69, 9.17) is 4.42 Å². The number of nitrogens with zero attached hydrogens (tertiary/aromatic N) is 4. The van der Waals surface area contributed by atoms with Gasteiger partial charge in [-0.3, -0.25) is 9.69 Å². The molecule has 0 bridgehead atoms. The molecule has 2 aromatic heterocycles. The van der Waals surface area contributed by atoms with E-state index in [1.54, 1.807) is 10.9 Å². The monoisotopic (exact) mass is 360 g/mol. The topological polar surface area (TPSA) is 64.2 Å². The van der Waals surface area contributed by atoms with E-state index in [2.05, 4.69) is 15.0 Å². The molecule has 1 atom stereocenters. The minimum Gasteiger partial charge on any atom is -0.440 e. The summed E-state index contributed by atoms with van der Waals surface area (Å²) in [6, 6.07) is 15.4. The fraction of sp³-hybridized carbons (Fsp3) is 0.286. The third kappa shape index (κ3) is 3.02. The number of fused-ring (bicyclic) bond motifs is 2. The fourth-order valence-corrected chi connectivity index (χ4v) is 3.87. The van der Waals surface area contributed by atoms with Crippen molar-refractivity contribution in [1.82, 2.24) is 19.7 Å². The Morgan fingerprint density at radius 1 is 1.11 bits per heavy atom. The van der Waals surface area contributed by atoms with E-state index >= 15 is 0 Å². The first-order valence-electron chi connectivity index (χ1n) is 9.30. The second-order valence-corrected chi connectivity index (χ2v) is 7.11. The Balaban J connectivity index is 1.38. The van der Waals surface area contributed by atoms with Gasteiger partial charge >= 0.3 is 0 Å². The van der Waals surface area contributed by atoms with E-state index in [1.807, 2.05) is 48.5 Å². The molecule has 4 aromatic rings. The highest BCUT2D eigenvalue weighted by Crippen LogP contribution is 2.29. The number of para-hydroxylation sites is 2. The maximum Gasteiger partial charge on any atom is 0.275 e. The molecular weight excluding hydrogens is 340 g/mol.